The van der Waals surface area contributed by atoms with E-state index < -0.39 is 12.0 Å². The molecule has 0 radical (unpaired) electrons. The number of carbonyl (C=O) groups is 1. The first kappa shape index (κ1) is 15.5. The lowest BCUT2D eigenvalue weighted by Crippen LogP contribution is -2.31. The number of hydrogen-bond acceptors (Lipinski definition) is 3. The van der Waals surface area contributed by atoms with Gasteiger partial charge in [0.2, 0.25) is 0 Å². The molecule has 0 aromatic heterocycles. The molecular weight excluding hydrogens is 297 g/mol. The van der Waals surface area contributed by atoms with Crippen LogP contribution in [0.1, 0.15) is 30.0 Å². The Hall–Kier alpha value is -2.40. The number of rotatable bonds is 5. The van der Waals surface area contributed by atoms with Crippen LogP contribution < -0.4 is 10.1 Å². The van der Waals surface area contributed by atoms with Gasteiger partial charge >= 0.3 is 5.97 Å². The number of halogens is 1. The number of nitrogens with one attached hydrogen (secondary N) is 1. The summed E-state index contributed by atoms with van der Waals surface area (Å²) in [7, 11) is 0. The minimum atomic E-state index is -0.808. The minimum absolute atomic E-state index is 0.0525. The average molecular weight is 315 g/mol. The Balaban J connectivity index is 1.59. The van der Waals surface area contributed by atoms with E-state index in [0.717, 1.165) is 12.0 Å². The molecule has 0 amide bonds. The maximum absolute atomic E-state index is 13.5. The van der Waals surface area contributed by atoms with Gasteiger partial charge in [0, 0.05) is 11.6 Å². The van der Waals surface area contributed by atoms with Crippen molar-refractivity contribution >= 4 is 5.97 Å². The lowest BCUT2D eigenvalue weighted by atomic mass is 10.1. The van der Waals surface area contributed by atoms with Crippen LogP contribution in [0.2, 0.25) is 0 Å². The van der Waals surface area contributed by atoms with Crippen LogP contribution in [0.4, 0.5) is 4.39 Å². The van der Waals surface area contributed by atoms with Gasteiger partial charge in [0.05, 0.1) is 0 Å². The molecule has 1 aliphatic rings. The van der Waals surface area contributed by atoms with Crippen molar-refractivity contribution < 1.29 is 19.0 Å². The Kier molecular flexibility index (Phi) is 4.57. The minimum Gasteiger partial charge on any atom is -0.489 e. The Morgan fingerprint density at radius 2 is 1.91 bits per heavy atom. The second-order valence-electron chi connectivity index (χ2n) is 5.64. The molecule has 1 saturated heterocycles. The maximum Gasteiger partial charge on any atom is 0.320 e. The summed E-state index contributed by atoms with van der Waals surface area (Å²) < 4.78 is 19.1. The standard InChI is InChI=1S/C18H18FNO3/c19-15-4-2-1-3-13(15)11-23-14-7-5-12(6-8-14)16-9-10-17(20-16)18(21)22/h1-8,16-17,20H,9-11H2,(H,21,22)/t16-,17?/m1/s1. The third-order valence-electron chi connectivity index (χ3n) is 4.08. The van der Waals surface area contributed by atoms with E-state index in [1.807, 2.05) is 24.3 Å². The largest absolute Gasteiger partial charge is 0.489 e. The van der Waals surface area contributed by atoms with E-state index in [0.29, 0.717) is 17.7 Å². The Morgan fingerprint density at radius 1 is 1.17 bits per heavy atom. The van der Waals surface area contributed by atoms with Gasteiger partial charge in [-0.15, -0.1) is 0 Å². The van der Waals surface area contributed by atoms with Gasteiger partial charge in [0.1, 0.15) is 24.2 Å². The smallest absolute Gasteiger partial charge is 0.320 e. The highest BCUT2D eigenvalue weighted by Gasteiger charge is 2.29. The lowest BCUT2D eigenvalue weighted by Gasteiger charge is -2.13. The van der Waals surface area contributed by atoms with Crippen LogP contribution in [0, 0.1) is 5.82 Å². The molecule has 3 rings (SSSR count). The van der Waals surface area contributed by atoms with Gasteiger partial charge in [-0.1, -0.05) is 30.3 Å². The number of carboxylic acids is 1. The summed E-state index contributed by atoms with van der Waals surface area (Å²) in [5.41, 5.74) is 1.55. The fourth-order valence-electron chi connectivity index (χ4n) is 2.77. The molecule has 5 heteroatoms. The number of hydrogen-bond donors (Lipinski definition) is 2. The fraction of sp³-hybridized carbons (Fsp3) is 0.278. The first-order valence-corrected chi connectivity index (χ1v) is 7.58. The van der Waals surface area contributed by atoms with E-state index in [1.54, 1.807) is 18.2 Å². The molecule has 1 fully saturated rings. The summed E-state index contributed by atoms with van der Waals surface area (Å²) in [6.07, 6.45) is 1.43. The average Bonchev–Trinajstić information content (AvgIpc) is 3.05. The fourth-order valence-corrected chi connectivity index (χ4v) is 2.77. The lowest BCUT2D eigenvalue weighted by molar-refractivity contribution is -0.139. The molecule has 4 nitrogen and oxygen atoms in total. The van der Waals surface area contributed by atoms with Crippen molar-refractivity contribution in [3.63, 3.8) is 0 Å². The molecule has 1 heterocycles. The van der Waals surface area contributed by atoms with Crippen LogP contribution in [-0.4, -0.2) is 17.1 Å². The number of ether oxygens (including phenoxy) is 1. The van der Waals surface area contributed by atoms with Gasteiger partial charge in [-0.3, -0.25) is 10.1 Å². The Morgan fingerprint density at radius 3 is 2.57 bits per heavy atom. The van der Waals surface area contributed by atoms with Crippen molar-refractivity contribution in [3.05, 3.63) is 65.5 Å². The number of aliphatic carboxylic acids is 1. The zero-order valence-corrected chi connectivity index (χ0v) is 12.5. The van der Waals surface area contributed by atoms with E-state index in [2.05, 4.69) is 5.32 Å². The first-order chi connectivity index (χ1) is 11.1. The van der Waals surface area contributed by atoms with E-state index in [1.165, 1.54) is 6.07 Å². The molecule has 2 aromatic rings. The molecule has 23 heavy (non-hydrogen) atoms. The summed E-state index contributed by atoms with van der Waals surface area (Å²) >= 11 is 0. The predicted molar refractivity (Wildman–Crippen MR) is 83.7 cm³/mol. The monoisotopic (exact) mass is 315 g/mol. The van der Waals surface area contributed by atoms with Crippen LogP contribution in [0.15, 0.2) is 48.5 Å². The van der Waals surface area contributed by atoms with Gasteiger partial charge in [-0.25, -0.2) is 4.39 Å². The van der Waals surface area contributed by atoms with Crippen LogP contribution >= 0.6 is 0 Å². The first-order valence-electron chi connectivity index (χ1n) is 7.58. The molecule has 0 saturated carbocycles. The summed E-state index contributed by atoms with van der Waals surface area (Å²) in [4.78, 5) is 11.0. The van der Waals surface area contributed by atoms with Crippen molar-refractivity contribution in [1.29, 1.82) is 0 Å². The van der Waals surface area contributed by atoms with Gasteiger partial charge in [0.25, 0.3) is 0 Å². The Bertz CT molecular complexity index is 687. The van der Waals surface area contributed by atoms with Gasteiger partial charge in [-0.2, -0.15) is 0 Å². The van der Waals surface area contributed by atoms with Crippen LogP contribution in [0.5, 0.6) is 5.75 Å². The Labute approximate surface area is 133 Å². The molecule has 1 unspecified atom stereocenters. The zero-order valence-electron chi connectivity index (χ0n) is 12.5. The van der Waals surface area contributed by atoms with E-state index in [9.17, 15) is 9.18 Å². The topological polar surface area (TPSA) is 58.6 Å². The second-order valence-corrected chi connectivity index (χ2v) is 5.64. The quantitative estimate of drug-likeness (QED) is 0.889. The third kappa shape index (κ3) is 3.68. The zero-order chi connectivity index (χ0) is 16.2. The van der Waals surface area contributed by atoms with Gasteiger partial charge in [-0.05, 0) is 36.6 Å². The molecule has 120 valence electrons. The van der Waals surface area contributed by atoms with Crippen molar-refractivity contribution in [2.75, 3.05) is 0 Å². The highest BCUT2D eigenvalue weighted by molar-refractivity contribution is 5.73. The van der Waals surface area contributed by atoms with E-state index >= 15 is 0 Å². The van der Waals surface area contributed by atoms with Crippen molar-refractivity contribution in [1.82, 2.24) is 5.32 Å². The van der Waals surface area contributed by atoms with Crippen LogP contribution in [-0.2, 0) is 11.4 Å². The van der Waals surface area contributed by atoms with Crippen molar-refractivity contribution in [3.8, 4) is 5.75 Å². The summed E-state index contributed by atoms with van der Waals surface area (Å²) in [6, 6.07) is 13.6. The highest BCUT2D eigenvalue weighted by Crippen LogP contribution is 2.28. The van der Waals surface area contributed by atoms with Crippen LogP contribution in [0.3, 0.4) is 0 Å². The third-order valence-corrected chi connectivity index (χ3v) is 4.08. The number of carboxylic acid groups (broad SMARTS) is 1. The molecule has 2 aromatic carbocycles. The highest BCUT2D eigenvalue weighted by atomic mass is 19.1. The molecule has 2 N–H and O–H groups in total. The molecule has 0 spiro atoms. The van der Waals surface area contributed by atoms with Gasteiger partial charge in [0.15, 0.2) is 0 Å². The predicted octanol–water partition coefficient (Wildman–Crippen LogP) is 3.28. The normalized spacial score (nSPS) is 20.4. The molecule has 0 bridgehead atoms. The summed E-state index contributed by atoms with van der Waals surface area (Å²) in [6.45, 7) is 0.175. The second kappa shape index (κ2) is 6.79. The maximum atomic E-state index is 13.5. The molecule has 1 aliphatic heterocycles. The summed E-state index contributed by atoms with van der Waals surface area (Å²) in [5, 5.41) is 12.1. The SMILES string of the molecule is O=C(O)C1CC[C@H](c2ccc(OCc3ccccc3F)cc2)N1. The molecular formula is C18H18FNO3. The van der Waals surface area contributed by atoms with E-state index in [-0.39, 0.29) is 18.5 Å². The molecule has 0 aliphatic carbocycles. The van der Waals surface area contributed by atoms with Crippen LogP contribution in [0.25, 0.3) is 0 Å². The van der Waals surface area contributed by atoms with E-state index in [4.69, 9.17) is 9.84 Å². The van der Waals surface area contributed by atoms with Crippen molar-refractivity contribution in [2.24, 2.45) is 0 Å². The van der Waals surface area contributed by atoms with Crippen molar-refractivity contribution in [2.45, 2.75) is 31.5 Å². The number of benzene rings is 2. The van der Waals surface area contributed by atoms with Gasteiger partial charge < -0.3 is 9.84 Å². The molecule has 2 atom stereocenters. The summed E-state index contributed by atoms with van der Waals surface area (Å²) in [5.74, 6) is -0.430.